The van der Waals surface area contributed by atoms with Crippen molar-refractivity contribution in [2.75, 3.05) is 0 Å². The van der Waals surface area contributed by atoms with E-state index in [4.69, 9.17) is 5.73 Å². The summed E-state index contributed by atoms with van der Waals surface area (Å²) in [7, 11) is 0. The van der Waals surface area contributed by atoms with E-state index in [1.165, 1.54) is 5.56 Å². The Morgan fingerprint density at radius 1 is 1.36 bits per heavy atom. The molecule has 14 heavy (non-hydrogen) atoms. The molecule has 1 atom stereocenters. The summed E-state index contributed by atoms with van der Waals surface area (Å²) < 4.78 is 0. The van der Waals surface area contributed by atoms with E-state index in [-0.39, 0.29) is 6.04 Å². The van der Waals surface area contributed by atoms with Crippen LogP contribution in [0.3, 0.4) is 0 Å². The lowest BCUT2D eigenvalue weighted by atomic mass is 9.99. The van der Waals surface area contributed by atoms with Crippen LogP contribution in [0.25, 0.3) is 0 Å². The smallest absolute Gasteiger partial charge is 0.0372 e. The van der Waals surface area contributed by atoms with Crippen molar-refractivity contribution in [3.8, 4) is 0 Å². The molecule has 2 nitrogen and oxygen atoms in total. The molecule has 0 aliphatic heterocycles. The first-order valence-electron chi connectivity index (χ1n) is 5.25. The number of pyridine rings is 1. The van der Waals surface area contributed by atoms with E-state index in [1.807, 2.05) is 19.2 Å². The zero-order valence-electron chi connectivity index (χ0n) is 9.33. The summed E-state index contributed by atoms with van der Waals surface area (Å²) in [5.41, 5.74) is 8.32. The molecular weight excluding hydrogens is 172 g/mol. The molecule has 0 aliphatic rings. The Hall–Kier alpha value is -0.890. The van der Waals surface area contributed by atoms with Gasteiger partial charge in [-0.1, -0.05) is 19.9 Å². The Morgan fingerprint density at radius 3 is 2.57 bits per heavy atom. The van der Waals surface area contributed by atoms with Gasteiger partial charge >= 0.3 is 0 Å². The number of aryl methyl sites for hydroxylation is 1. The van der Waals surface area contributed by atoms with E-state index in [1.54, 1.807) is 0 Å². The molecule has 78 valence electrons. The van der Waals surface area contributed by atoms with E-state index in [9.17, 15) is 0 Å². The molecule has 0 bridgehead atoms. The fourth-order valence-electron chi connectivity index (χ4n) is 1.61. The largest absolute Gasteiger partial charge is 0.327 e. The monoisotopic (exact) mass is 192 g/mol. The van der Waals surface area contributed by atoms with Crippen LogP contribution < -0.4 is 5.73 Å². The highest BCUT2D eigenvalue weighted by Crippen LogP contribution is 2.08. The molecule has 1 rings (SSSR count). The molecular formula is C12H20N2. The molecule has 1 aromatic rings. The summed E-state index contributed by atoms with van der Waals surface area (Å²) in [5.74, 6) is 0.670. The fraction of sp³-hybridized carbons (Fsp3) is 0.583. The standard InChI is InChI=1S/C12H20N2/c1-9(2)6-12(13)7-11-5-4-10(3)14-8-11/h4-5,8-9,12H,6-7,13H2,1-3H3. The molecule has 0 amide bonds. The number of hydrogen-bond acceptors (Lipinski definition) is 2. The molecule has 0 fully saturated rings. The molecule has 1 unspecified atom stereocenters. The maximum absolute atomic E-state index is 6.02. The van der Waals surface area contributed by atoms with Crippen molar-refractivity contribution in [2.45, 2.75) is 39.7 Å². The van der Waals surface area contributed by atoms with Crippen LogP contribution in [0.5, 0.6) is 0 Å². The Morgan fingerprint density at radius 2 is 2.07 bits per heavy atom. The molecule has 1 heterocycles. The Balaban J connectivity index is 2.47. The zero-order chi connectivity index (χ0) is 10.6. The zero-order valence-corrected chi connectivity index (χ0v) is 9.33. The summed E-state index contributed by atoms with van der Waals surface area (Å²) >= 11 is 0. The molecule has 0 saturated carbocycles. The minimum absolute atomic E-state index is 0.263. The van der Waals surface area contributed by atoms with Crippen molar-refractivity contribution in [2.24, 2.45) is 11.7 Å². The molecule has 0 spiro atoms. The van der Waals surface area contributed by atoms with Crippen LogP contribution in [0.4, 0.5) is 0 Å². The number of hydrogen-bond donors (Lipinski definition) is 1. The quantitative estimate of drug-likeness (QED) is 0.795. The van der Waals surface area contributed by atoms with Gasteiger partial charge in [0.15, 0.2) is 0 Å². The van der Waals surface area contributed by atoms with Crippen LogP contribution in [0.1, 0.15) is 31.5 Å². The SMILES string of the molecule is Cc1ccc(CC(N)CC(C)C)cn1. The van der Waals surface area contributed by atoms with E-state index in [2.05, 4.69) is 24.9 Å². The summed E-state index contributed by atoms with van der Waals surface area (Å²) in [5, 5.41) is 0. The van der Waals surface area contributed by atoms with Crippen LogP contribution in [0.15, 0.2) is 18.3 Å². The minimum Gasteiger partial charge on any atom is -0.327 e. The highest BCUT2D eigenvalue weighted by Gasteiger charge is 2.06. The summed E-state index contributed by atoms with van der Waals surface area (Å²) in [4.78, 5) is 4.26. The third kappa shape index (κ3) is 3.88. The Bertz CT molecular complexity index is 264. The lowest BCUT2D eigenvalue weighted by Gasteiger charge is -2.13. The molecule has 2 heteroatoms. The second-order valence-corrected chi connectivity index (χ2v) is 4.40. The number of nitrogens with zero attached hydrogens (tertiary/aromatic N) is 1. The van der Waals surface area contributed by atoms with Crippen molar-refractivity contribution in [3.63, 3.8) is 0 Å². The predicted molar refractivity (Wildman–Crippen MR) is 60.1 cm³/mol. The molecule has 0 aliphatic carbocycles. The molecule has 0 radical (unpaired) electrons. The highest BCUT2D eigenvalue weighted by molar-refractivity contribution is 5.14. The van der Waals surface area contributed by atoms with Gasteiger partial charge in [0, 0.05) is 17.9 Å². The van der Waals surface area contributed by atoms with Gasteiger partial charge in [-0.15, -0.1) is 0 Å². The first-order valence-corrected chi connectivity index (χ1v) is 5.25. The summed E-state index contributed by atoms with van der Waals surface area (Å²) in [6, 6.07) is 4.42. The second kappa shape index (κ2) is 5.11. The molecule has 2 N–H and O–H groups in total. The van der Waals surface area contributed by atoms with Gasteiger partial charge in [-0.25, -0.2) is 0 Å². The van der Waals surface area contributed by atoms with Crippen molar-refractivity contribution >= 4 is 0 Å². The van der Waals surface area contributed by atoms with Crippen LogP contribution in [-0.2, 0) is 6.42 Å². The average Bonchev–Trinajstić information content (AvgIpc) is 2.07. The normalized spacial score (nSPS) is 13.2. The van der Waals surface area contributed by atoms with Gasteiger partial charge in [0.25, 0.3) is 0 Å². The van der Waals surface area contributed by atoms with Crippen LogP contribution >= 0.6 is 0 Å². The van der Waals surface area contributed by atoms with Crippen molar-refractivity contribution in [1.82, 2.24) is 4.98 Å². The van der Waals surface area contributed by atoms with Crippen molar-refractivity contribution < 1.29 is 0 Å². The van der Waals surface area contributed by atoms with Crippen molar-refractivity contribution in [1.29, 1.82) is 0 Å². The van der Waals surface area contributed by atoms with E-state index in [0.717, 1.165) is 18.5 Å². The average molecular weight is 192 g/mol. The maximum atomic E-state index is 6.02. The van der Waals surface area contributed by atoms with Gasteiger partial charge in [-0.2, -0.15) is 0 Å². The first kappa shape index (κ1) is 11.2. The molecule has 0 aromatic carbocycles. The fourth-order valence-corrected chi connectivity index (χ4v) is 1.61. The van der Waals surface area contributed by atoms with Crippen LogP contribution in [0, 0.1) is 12.8 Å². The maximum Gasteiger partial charge on any atom is 0.0372 e. The number of aromatic nitrogens is 1. The van der Waals surface area contributed by atoms with E-state index in [0.29, 0.717) is 5.92 Å². The third-order valence-electron chi connectivity index (χ3n) is 2.24. The number of nitrogens with two attached hydrogens (primary N) is 1. The number of rotatable bonds is 4. The highest BCUT2D eigenvalue weighted by atomic mass is 14.7. The molecule has 1 aromatic heterocycles. The van der Waals surface area contributed by atoms with Gasteiger partial charge in [0.2, 0.25) is 0 Å². The van der Waals surface area contributed by atoms with E-state index >= 15 is 0 Å². The van der Waals surface area contributed by atoms with Gasteiger partial charge in [0.05, 0.1) is 0 Å². The lowest BCUT2D eigenvalue weighted by Crippen LogP contribution is -2.24. The minimum atomic E-state index is 0.263. The summed E-state index contributed by atoms with van der Waals surface area (Å²) in [6.45, 7) is 6.40. The van der Waals surface area contributed by atoms with E-state index < -0.39 is 0 Å². The Kier molecular flexibility index (Phi) is 4.08. The molecule has 0 saturated heterocycles. The van der Waals surface area contributed by atoms with Gasteiger partial charge in [-0.3, -0.25) is 4.98 Å². The van der Waals surface area contributed by atoms with Crippen LogP contribution in [-0.4, -0.2) is 11.0 Å². The first-order chi connectivity index (χ1) is 6.58. The topological polar surface area (TPSA) is 38.9 Å². The Labute approximate surface area is 86.5 Å². The lowest BCUT2D eigenvalue weighted by molar-refractivity contribution is 0.493. The second-order valence-electron chi connectivity index (χ2n) is 4.40. The summed E-state index contributed by atoms with van der Waals surface area (Å²) in [6.07, 6.45) is 3.94. The predicted octanol–water partition coefficient (Wildman–Crippen LogP) is 2.31. The van der Waals surface area contributed by atoms with Gasteiger partial charge < -0.3 is 5.73 Å². The van der Waals surface area contributed by atoms with Gasteiger partial charge in [0.1, 0.15) is 0 Å². The van der Waals surface area contributed by atoms with Crippen LogP contribution in [0.2, 0.25) is 0 Å². The van der Waals surface area contributed by atoms with Gasteiger partial charge in [-0.05, 0) is 37.3 Å². The van der Waals surface area contributed by atoms with Crippen molar-refractivity contribution in [3.05, 3.63) is 29.6 Å². The third-order valence-corrected chi connectivity index (χ3v) is 2.24.